The number of urea groups is 1. The summed E-state index contributed by atoms with van der Waals surface area (Å²) in [5.74, 6) is 0.381. The number of carbonyl (C=O) groups is 2. The smallest absolute Gasteiger partial charge is 0.338 e. The van der Waals surface area contributed by atoms with Gasteiger partial charge in [0.2, 0.25) is 0 Å². The summed E-state index contributed by atoms with van der Waals surface area (Å²) in [7, 11) is 1.58. The van der Waals surface area contributed by atoms with Crippen LogP contribution in [-0.2, 0) is 0 Å². The highest BCUT2D eigenvalue weighted by Gasteiger charge is 2.13. The van der Waals surface area contributed by atoms with E-state index in [4.69, 9.17) is 10.5 Å². The Morgan fingerprint density at radius 3 is 2.67 bits per heavy atom. The van der Waals surface area contributed by atoms with Crippen molar-refractivity contribution in [2.24, 2.45) is 5.73 Å². The summed E-state index contributed by atoms with van der Waals surface area (Å²) in [5, 5.41) is 12.2. The van der Waals surface area contributed by atoms with E-state index in [9.17, 15) is 14.8 Å². The van der Waals surface area contributed by atoms with Gasteiger partial charge in [-0.3, -0.25) is 10.0 Å². The first kappa shape index (κ1) is 17.3. The number of benzene rings is 2. The molecule has 0 saturated carbocycles. The largest absolute Gasteiger partial charge is 0.497 e. The second-order valence-electron chi connectivity index (χ2n) is 4.99. The van der Waals surface area contributed by atoms with Crippen LogP contribution in [0.3, 0.4) is 0 Å². The maximum absolute atomic E-state index is 12.4. The predicted molar refractivity (Wildman–Crippen MR) is 88.8 cm³/mol. The molecule has 0 unspecified atom stereocenters. The molecule has 0 fully saturated rings. The number of hydroxylamine groups is 2. The lowest BCUT2D eigenvalue weighted by Gasteiger charge is -2.14. The minimum atomic E-state index is -0.971. The zero-order valence-electron chi connectivity index (χ0n) is 13.2. The highest BCUT2D eigenvalue weighted by Crippen LogP contribution is 2.26. The summed E-state index contributed by atoms with van der Waals surface area (Å²) in [5.41, 5.74) is 6.99. The summed E-state index contributed by atoms with van der Waals surface area (Å²) in [6.07, 6.45) is 0. The van der Waals surface area contributed by atoms with Crippen molar-refractivity contribution in [1.29, 1.82) is 0 Å². The Bertz CT molecular complexity index is 733. The van der Waals surface area contributed by atoms with E-state index in [1.807, 2.05) is 36.4 Å². The van der Waals surface area contributed by atoms with Gasteiger partial charge in [-0.15, -0.1) is 0 Å². The third-order valence-corrected chi connectivity index (χ3v) is 3.42. The van der Waals surface area contributed by atoms with Crippen LogP contribution in [0.4, 0.5) is 4.79 Å². The van der Waals surface area contributed by atoms with Crippen molar-refractivity contribution in [1.82, 2.24) is 10.4 Å². The molecular formula is C17H19N3O4. The van der Waals surface area contributed by atoms with Crippen LogP contribution in [0.15, 0.2) is 48.5 Å². The molecule has 4 N–H and O–H groups in total. The Kier molecular flexibility index (Phi) is 5.75. The van der Waals surface area contributed by atoms with Crippen molar-refractivity contribution in [3.05, 3.63) is 54.1 Å². The van der Waals surface area contributed by atoms with Crippen molar-refractivity contribution in [2.75, 3.05) is 20.2 Å². The van der Waals surface area contributed by atoms with Crippen molar-refractivity contribution < 1.29 is 19.5 Å². The van der Waals surface area contributed by atoms with Crippen LogP contribution in [0.2, 0.25) is 0 Å². The number of methoxy groups -OCH3 is 1. The quantitative estimate of drug-likeness (QED) is 0.555. The van der Waals surface area contributed by atoms with E-state index >= 15 is 0 Å². The molecule has 0 heterocycles. The van der Waals surface area contributed by atoms with Crippen molar-refractivity contribution in [3.8, 4) is 16.9 Å². The maximum atomic E-state index is 12.4. The molecule has 0 bridgehead atoms. The first-order valence-electron chi connectivity index (χ1n) is 7.30. The number of primary amides is 1. The third kappa shape index (κ3) is 4.23. The van der Waals surface area contributed by atoms with Gasteiger partial charge < -0.3 is 15.8 Å². The lowest BCUT2D eigenvalue weighted by molar-refractivity contribution is -0.0376. The minimum Gasteiger partial charge on any atom is -0.497 e. The van der Waals surface area contributed by atoms with Gasteiger partial charge in [-0.05, 0) is 29.3 Å². The van der Waals surface area contributed by atoms with E-state index < -0.39 is 6.03 Å². The van der Waals surface area contributed by atoms with Gasteiger partial charge in [-0.25, -0.2) is 9.86 Å². The highest BCUT2D eigenvalue weighted by molar-refractivity contribution is 6.00. The molecule has 0 atom stereocenters. The lowest BCUT2D eigenvalue weighted by Crippen LogP contribution is -2.39. The Hall–Kier alpha value is -3.06. The summed E-state index contributed by atoms with van der Waals surface area (Å²) in [6.45, 7) is -0.0207. The van der Waals surface area contributed by atoms with Crippen molar-refractivity contribution >= 4 is 11.9 Å². The number of nitrogens with two attached hydrogens (primary N) is 1. The van der Waals surface area contributed by atoms with Crippen LogP contribution in [0.5, 0.6) is 5.75 Å². The fourth-order valence-corrected chi connectivity index (χ4v) is 2.20. The molecule has 126 valence electrons. The second-order valence-corrected chi connectivity index (χ2v) is 4.99. The molecule has 0 radical (unpaired) electrons. The van der Waals surface area contributed by atoms with Gasteiger partial charge in [0.05, 0.1) is 13.7 Å². The number of carbonyl (C=O) groups excluding carboxylic acids is 2. The zero-order valence-corrected chi connectivity index (χ0v) is 13.2. The molecule has 2 rings (SSSR count). The third-order valence-electron chi connectivity index (χ3n) is 3.42. The van der Waals surface area contributed by atoms with Crippen LogP contribution in [0.25, 0.3) is 11.1 Å². The van der Waals surface area contributed by atoms with Gasteiger partial charge in [0.15, 0.2) is 0 Å². The molecule has 2 aromatic rings. The van der Waals surface area contributed by atoms with Crippen molar-refractivity contribution in [3.63, 3.8) is 0 Å². The molecule has 2 aromatic carbocycles. The molecule has 0 aliphatic heterocycles. The Labute approximate surface area is 139 Å². The SMILES string of the molecule is COc1cccc(-c2ccccc2C(=O)NCCN(O)C(N)=O)c1. The Morgan fingerprint density at radius 2 is 1.96 bits per heavy atom. The number of nitrogens with one attached hydrogen (secondary N) is 1. The van der Waals surface area contributed by atoms with E-state index in [0.29, 0.717) is 16.4 Å². The molecule has 0 spiro atoms. The number of nitrogens with zero attached hydrogens (tertiary/aromatic N) is 1. The summed E-state index contributed by atoms with van der Waals surface area (Å²) in [6, 6.07) is 13.6. The fourth-order valence-electron chi connectivity index (χ4n) is 2.20. The van der Waals surface area contributed by atoms with E-state index in [2.05, 4.69) is 5.32 Å². The van der Waals surface area contributed by atoms with Gasteiger partial charge in [-0.1, -0.05) is 30.3 Å². The molecule has 24 heavy (non-hydrogen) atoms. The molecule has 3 amide bonds. The van der Waals surface area contributed by atoms with Crippen molar-refractivity contribution in [2.45, 2.75) is 0 Å². The fraction of sp³-hybridized carbons (Fsp3) is 0.176. The van der Waals surface area contributed by atoms with Gasteiger partial charge in [0.25, 0.3) is 5.91 Å². The molecule has 0 aliphatic rings. The van der Waals surface area contributed by atoms with Crippen LogP contribution in [-0.4, -0.2) is 42.4 Å². The summed E-state index contributed by atoms with van der Waals surface area (Å²) in [4.78, 5) is 23.1. The Balaban J connectivity index is 2.16. The van der Waals surface area contributed by atoms with Crippen LogP contribution in [0, 0.1) is 0 Å². The molecule has 7 heteroatoms. The lowest BCUT2D eigenvalue weighted by atomic mass is 9.99. The average molecular weight is 329 g/mol. The highest BCUT2D eigenvalue weighted by atomic mass is 16.5. The topological polar surface area (TPSA) is 105 Å². The number of ether oxygens (including phenoxy) is 1. The van der Waals surface area contributed by atoms with Gasteiger partial charge >= 0.3 is 6.03 Å². The zero-order chi connectivity index (χ0) is 17.5. The Morgan fingerprint density at radius 1 is 1.21 bits per heavy atom. The number of amides is 3. The average Bonchev–Trinajstić information content (AvgIpc) is 2.61. The van der Waals surface area contributed by atoms with Gasteiger partial charge in [0.1, 0.15) is 5.75 Å². The number of hydrogen-bond acceptors (Lipinski definition) is 4. The van der Waals surface area contributed by atoms with E-state index in [1.165, 1.54) is 0 Å². The number of rotatable bonds is 6. The molecule has 0 aromatic heterocycles. The minimum absolute atomic E-state index is 0.0741. The second kappa shape index (κ2) is 7.98. The molecule has 0 saturated heterocycles. The first-order valence-corrected chi connectivity index (χ1v) is 7.30. The van der Waals surface area contributed by atoms with E-state index in [-0.39, 0.29) is 19.0 Å². The van der Waals surface area contributed by atoms with Crippen LogP contribution >= 0.6 is 0 Å². The molecule has 7 nitrogen and oxygen atoms in total. The number of hydrogen-bond donors (Lipinski definition) is 3. The standard InChI is InChI=1S/C17H19N3O4/c1-24-13-6-4-5-12(11-13)14-7-2-3-8-15(14)16(21)19-9-10-20(23)17(18)22/h2-8,11,23H,9-10H2,1H3,(H2,18,22)(H,19,21). The van der Waals surface area contributed by atoms with Crippen LogP contribution in [0.1, 0.15) is 10.4 Å². The van der Waals surface area contributed by atoms with E-state index in [0.717, 1.165) is 11.1 Å². The monoisotopic (exact) mass is 329 g/mol. The summed E-state index contributed by atoms with van der Waals surface area (Å²) >= 11 is 0. The van der Waals surface area contributed by atoms with Gasteiger partial charge in [0, 0.05) is 12.1 Å². The normalized spacial score (nSPS) is 10.1. The predicted octanol–water partition coefficient (Wildman–Crippen LogP) is 1.86. The first-order chi connectivity index (χ1) is 11.5. The van der Waals surface area contributed by atoms with Gasteiger partial charge in [-0.2, -0.15) is 0 Å². The molecule has 0 aliphatic carbocycles. The summed E-state index contributed by atoms with van der Waals surface area (Å²) < 4.78 is 5.21. The van der Waals surface area contributed by atoms with Crippen LogP contribution < -0.4 is 15.8 Å². The molecular weight excluding hydrogens is 310 g/mol. The van der Waals surface area contributed by atoms with E-state index in [1.54, 1.807) is 19.2 Å². The maximum Gasteiger partial charge on any atom is 0.338 e.